The van der Waals surface area contributed by atoms with Crippen molar-refractivity contribution in [3.63, 3.8) is 0 Å². The summed E-state index contributed by atoms with van der Waals surface area (Å²) in [5.41, 5.74) is 4.83. The van der Waals surface area contributed by atoms with Gasteiger partial charge >= 0.3 is 12.0 Å². The van der Waals surface area contributed by atoms with E-state index in [0.717, 1.165) is 28.0 Å². The van der Waals surface area contributed by atoms with Gasteiger partial charge < -0.3 is 24.0 Å². The Hall–Kier alpha value is -4.01. The van der Waals surface area contributed by atoms with Gasteiger partial charge in [-0.05, 0) is 50.5 Å². The zero-order valence-electron chi connectivity index (χ0n) is 24.1. The molecular formula is C31H37N3O6. The predicted octanol–water partition coefficient (Wildman–Crippen LogP) is 4.41. The molecule has 40 heavy (non-hydrogen) atoms. The number of benzene rings is 2. The Morgan fingerprint density at radius 1 is 0.975 bits per heavy atom. The molecule has 3 aliphatic heterocycles. The Bertz CT molecular complexity index is 1370. The summed E-state index contributed by atoms with van der Waals surface area (Å²) in [5, 5.41) is 0. The quantitative estimate of drug-likeness (QED) is 0.516. The number of carbonyl (C=O) groups is 3. The van der Waals surface area contributed by atoms with Crippen LogP contribution in [0.3, 0.4) is 0 Å². The van der Waals surface area contributed by atoms with Crippen LogP contribution in [0, 0.1) is 13.8 Å². The number of fused-ring (bicyclic) bond motifs is 3. The SMILES string of the molecule is COC(=O)CN1C(=O)N2Cc3cc(OC)cc(OC)c3[C@@H](C)C=C2C12CCN(C(=O)c1cc(C)cc(C)c1)CC2. The minimum Gasteiger partial charge on any atom is -0.497 e. The molecule has 0 aromatic heterocycles. The number of aryl methyl sites for hydroxylation is 2. The fraction of sp³-hybridized carbons (Fsp3) is 0.452. The van der Waals surface area contributed by atoms with Gasteiger partial charge in [0.15, 0.2) is 0 Å². The highest BCUT2D eigenvalue weighted by atomic mass is 16.5. The topological polar surface area (TPSA) is 88.6 Å². The zero-order valence-corrected chi connectivity index (χ0v) is 24.1. The molecule has 3 amide bonds. The third-order valence-corrected chi connectivity index (χ3v) is 8.46. The monoisotopic (exact) mass is 547 g/mol. The zero-order chi connectivity index (χ0) is 28.8. The first kappa shape index (κ1) is 27.6. The lowest BCUT2D eigenvalue weighted by Crippen LogP contribution is -2.56. The van der Waals surface area contributed by atoms with Gasteiger partial charge in [-0.15, -0.1) is 0 Å². The summed E-state index contributed by atoms with van der Waals surface area (Å²) in [6.45, 7) is 7.14. The molecular weight excluding hydrogens is 510 g/mol. The Morgan fingerprint density at radius 3 is 2.25 bits per heavy atom. The van der Waals surface area contributed by atoms with Crippen molar-refractivity contribution in [2.75, 3.05) is 41.0 Å². The molecule has 0 aliphatic carbocycles. The van der Waals surface area contributed by atoms with E-state index in [-0.39, 0.29) is 24.4 Å². The first-order valence-corrected chi connectivity index (χ1v) is 13.6. The van der Waals surface area contributed by atoms with Gasteiger partial charge in [-0.1, -0.05) is 30.2 Å². The number of esters is 1. The van der Waals surface area contributed by atoms with E-state index in [2.05, 4.69) is 13.0 Å². The lowest BCUT2D eigenvalue weighted by molar-refractivity contribution is -0.142. The van der Waals surface area contributed by atoms with Crippen molar-refractivity contribution in [1.29, 1.82) is 0 Å². The van der Waals surface area contributed by atoms with Gasteiger partial charge in [-0.3, -0.25) is 14.5 Å². The predicted molar refractivity (Wildman–Crippen MR) is 149 cm³/mol. The second kappa shape index (κ2) is 10.5. The van der Waals surface area contributed by atoms with Crippen molar-refractivity contribution < 1.29 is 28.6 Å². The van der Waals surface area contributed by atoms with Gasteiger partial charge in [-0.2, -0.15) is 0 Å². The van der Waals surface area contributed by atoms with Crippen LogP contribution in [-0.2, 0) is 16.1 Å². The van der Waals surface area contributed by atoms with Gasteiger partial charge in [0.05, 0.1) is 33.4 Å². The number of nitrogens with zero attached hydrogens (tertiary/aromatic N) is 3. The number of likely N-dealkylation sites (tertiary alicyclic amines) is 1. The normalized spacial score (nSPS) is 19.6. The summed E-state index contributed by atoms with van der Waals surface area (Å²) in [6.07, 6.45) is 3.15. The van der Waals surface area contributed by atoms with Crippen molar-refractivity contribution >= 4 is 17.9 Å². The van der Waals surface area contributed by atoms with Crippen LogP contribution in [0.4, 0.5) is 4.79 Å². The lowest BCUT2D eigenvalue weighted by atomic mass is 9.81. The lowest BCUT2D eigenvalue weighted by Gasteiger charge is -2.44. The van der Waals surface area contributed by atoms with Gasteiger partial charge in [0.2, 0.25) is 0 Å². The Balaban J connectivity index is 1.52. The van der Waals surface area contributed by atoms with Crippen molar-refractivity contribution in [2.45, 2.75) is 51.6 Å². The fourth-order valence-corrected chi connectivity index (χ4v) is 6.60. The molecule has 9 nitrogen and oxygen atoms in total. The maximum Gasteiger partial charge on any atom is 0.325 e. The number of urea groups is 1. The van der Waals surface area contributed by atoms with E-state index in [4.69, 9.17) is 14.2 Å². The molecule has 3 heterocycles. The van der Waals surface area contributed by atoms with E-state index < -0.39 is 11.5 Å². The fourth-order valence-electron chi connectivity index (χ4n) is 6.60. The van der Waals surface area contributed by atoms with E-state index in [1.807, 2.05) is 49.1 Å². The number of piperidine rings is 1. The van der Waals surface area contributed by atoms with Crippen LogP contribution < -0.4 is 9.47 Å². The van der Waals surface area contributed by atoms with Crippen LogP contribution in [0.2, 0.25) is 0 Å². The van der Waals surface area contributed by atoms with Crippen LogP contribution in [0.5, 0.6) is 11.5 Å². The van der Waals surface area contributed by atoms with Crippen LogP contribution in [0.1, 0.15) is 58.3 Å². The van der Waals surface area contributed by atoms with Crippen LogP contribution in [0.25, 0.3) is 0 Å². The van der Waals surface area contributed by atoms with Crippen molar-refractivity contribution in [3.05, 3.63) is 69.9 Å². The molecule has 2 fully saturated rings. The standard InChI is InChI=1S/C31H37N3O6/c1-19-11-20(2)13-22(12-19)29(36)32-9-7-31(8-10-32)26-14-21(3)28-23(15-24(38-4)16-25(28)39-5)17-33(26)30(37)34(31)18-27(35)40-6/h11-16,21H,7-10,17-18H2,1-6H3/t21-/m0/s1. The molecule has 0 saturated carbocycles. The summed E-state index contributed by atoms with van der Waals surface area (Å²) in [6, 6.07) is 9.44. The average molecular weight is 548 g/mol. The smallest absolute Gasteiger partial charge is 0.325 e. The molecule has 1 spiro atoms. The summed E-state index contributed by atoms with van der Waals surface area (Å²) >= 11 is 0. The minimum absolute atomic E-state index is 0.0187. The Labute approximate surface area is 235 Å². The summed E-state index contributed by atoms with van der Waals surface area (Å²) in [7, 11) is 4.56. The second-order valence-electron chi connectivity index (χ2n) is 11.0. The largest absolute Gasteiger partial charge is 0.497 e. The number of amides is 3. The molecule has 212 valence electrons. The molecule has 1 atom stereocenters. The Morgan fingerprint density at radius 2 is 1.65 bits per heavy atom. The molecule has 2 aromatic rings. The minimum atomic E-state index is -0.738. The molecule has 0 radical (unpaired) electrons. The third kappa shape index (κ3) is 4.57. The highest BCUT2D eigenvalue weighted by molar-refractivity contribution is 5.95. The number of hydrogen-bond donors (Lipinski definition) is 0. The number of methoxy groups -OCH3 is 3. The Kier molecular flexibility index (Phi) is 7.25. The third-order valence-electron chi connectivity index (χ3n) is 8.46. The van der Waals surface area contributed by atoms with Crippen LogP contribution in [-0.4, -0.2) is 79.1 Å². The highest BCUT2D eigenvalue weighted by Crippen LogP contribution is 2.49. The average Bonchev–Trinajstić information content (AvgIpc) is 3.04. The van der Waals surface area contributed by atoms with Gasteiger partial charge in [-0.25, -0.2) is 4.79 Å². The molecule has 0 bridgehead atoms. The number of allylic oxidation sites excluding steroid dienone is 1. The van der Waals surface area contributed by atoms with E-state index in [1.165, 1.54) is 7.11 Å². The highest BCUT2D eigenvalue weighted by Gasteiger charge is 2.56. The summed E-state index contributed by atoms with van der Waals surface area (Å²) in [4.78, 5) is 45.3. The van der Waals surface area contributed by atoms with E-state index in [1.54, 1.807) is 24.0 Å². The van der Waals surface area contributed by atoms with E-state index in [0.29, 0.717) is 49.5 Å². The van der Waals surface area contributed by atoms with Crippen molar-refractivity contribution in [2.24, 2.45) is 0 Å². The molecule has 0 unspecified atom stereocenters. The van der Waals surface area contributed by atoms with E-state index >= 15 is 0 Å². The molecule has 2 aromatic carbocycles. The molecule has 3 aliphatic rings. The maximum atomic E-state index is 14.0. The molecule has 2 saturated heterocycles. The molecule has 9 heteroatoms. The van der Waals surface area contributed by atoms with Crippen LogP contribution in [0.15, 0.2) is 42.1 Å². The molecule has 0 N–H and O–H groups in total. The maximum absolute atomic E-state index is 14.0. The van der Waals surface area contributed by atoms with Crippen LogP contribution >= 0.6 is 0 Å². The molecule has 5 rings (SSSR count). The number of hydrogen-bond acceptors (Lipinski definition) is 6. The van der Waals surface area contributed by atoms with Crippen molar-refractivity contribution in [3.8, 4) is 11.5 Å². The first-order valence-electron chi connectivity index (χ1n) is 13.6. The number of rotatable bonds is 5. The number of carbonyl (C=O) groups excluding carboxylic acids is 3. The van der Waals surface area contributed by atoms with Gasteiger partial charge in [0.25, 0.3) is 5.91 Å². The van der Waals surface area contributed by atoms with E-state index in [9.17, 15) is 14.4 Å². The van der Waals surface area contributed by atoms with Gasteiger partial charge in [0, 0.05) is 41.9 Å². The summed E-state index contributed by atoms with van der Waals surface area (Å²) < 4.78 is 16.2. The first-order chi connectivity index (χ1) is 19.1. The van der Waals surface area contributed by atoms with Crippen molar-refractivity contribution in [1.82, 2.24) is 14.7 Å². The van der Waals surface area contributed by atoms with Gasteiger partial charge in [0.1, 0.15) is 18.0 Å². The number of ether oxygens (including phenoxy) is 3. The second-order valence-corrected chi connectivity index (χ2v) is 11.0. The summed E-state index contributed by atoms with van der Waals surface area (Å²) in [5.74, 6) is 0.804.